The Kier molecular flexibility index (Phi) is 9.27. The van der Waals surface area contributed by atoms with Gasteiger partial charge in [-0.05, 0) is 137 Å². The lowest BCUT2D eigenvalue weighted by molar-refractivity contribution is 0.670. The van der Waals surface area contributed by atoms with Gasteiger partial charge >= 0.3 is 0 Å². The number of fused-ring (bicyclic) bond motifs is 7. The molecule has 0 aliphatic heterocycles. The van der Waals surface area contributed by atoms with Gasteiger partial charge in [-0.25, -0.2) is 0 Å². The van der Waals surface area contributed by atoms with Crippen LogP contribution in [0.4, 0.5) is 0 Å². The molecule has 1 aliphatic rings. The van der Waals surface area contributed by atoms with Crippen LogP contribution in [0.5, 0.6) is 0 Å². The number of aryl methyl sites for hydroxylation is 1. The average Bonchev–Trinajstić information content (AvgIpc) is 3.73. The molecule has 1 nitrogen and oxygen atoms in total. The van der Waals surface area contributed by atoms with E-state index in [2.05, 4.69) is 231 Å². The van der Waals surface area contributed by atoms with Crippen molar-refractivity contribution in [3.05, 3.63) is 235 Å². The van der Waals surface area contributed by atoms with Crippen LogP contribution in [0, 0.1) is 0 Å². The third kappa shape index (κ3) is 6.48. The summed E-state index contributed by atoms with van der Waals surface area (Å²) in [6, 6.07) is 71.2. The third-order valence-electron chi connectivity index (χ3n) is 13.3. The van der Waals surface area contributed by atoms with Crippen LogP contribution in [0.1, 0.15) is 35.6 Å². The smallest absolute Gasteiger partial charge is 0.143 e. The Morgan fingerprint density at radius 3 is 1.92 bits per heavy atom. The van der Waals surface area contributed by atoms with Crippen LogP contribution in [0.25, 0.3) is 116 Å². The van der Waals surface area contributed by atoms with E-state index in [0.29, 0.717) is 0 Å². The number of allylic oxidation sites excluding steroid dienone is 4. The van der Waals surface area contributed by atoms with E-state index in [-0.39, 0.29) is 0 Å². The van der Waals surface area contributed by atoms with Gasteiger partial charge in [-0.3, -0.25) is 0 Å². The average molecular weight is 817 g/mol. The number of rotatable bonds is 7. The molecule has 1 aromatic heterocycles. The normalized spacial score (nSPS) is 12.9. The number of benzene rings is 10. The molecule has 0 saturated heterocycles. The molecule has 0 fully saturated rings. The summed E-state index contributed by atoms with van der Waals surface area (Å²) in [5, 5.41) is 9.54. The van der Waals surface area contributed by atoms with Crippen LogP contribution < -0.4 is 0 Å². The van der Waals surface area contributed by atoms with E-state index in [1.165, 1.54) is 93.5 Å². The molecular weight excluding hydrogens is 773 g/mol. The van der Waals surface area contributed by atoms with E-state index in [1.807, 2.05) is 0 Å². The minimum absolute atomic E-state index is 0.903. The Labute approximate surface area is 373 Å². The number of hydrogen-bond acceptors (Lipinski definition) is 1. The largest absolute Gasteiger partial charge is 0.455 e. The molecule has 0 unspecified atom stereocenters. The van der Waals surface area contributed by atoms with Gasteiger partial charge in [0.15, 0.2) is 0 Å². The highest BCUT2D eigenvalue weighted by Crippen LogP contribution is 2.48. The maximum absolute atomic E-state index is 6.79. The first-order valence-electron chi connectivity index (χ1n) is 22.4. The van der Waals surface area contributed by atoms with Gasteiger partial charge < -0.3 is 4.42 Å². The first-order valence-corrected chi connectivity index (χ1v) is 22.4. The van der Waals surface area contributed by atoms with Crippen LogP contribution in [0.15, 0.2) is 217 Å². The quantitative estimate of drug-likeness (QED) is 0.115. The van der Waals surface area contributed by atoms with Crippen molar-refractivity contribution < 1.29 is 4.42 Å². The van der Waals surface area contributed by atoms with Gasteiger partial charge in [0.25, 0.3) is 0 Å². The molecule has 12 rings (SSSR count). The second kappa shape index (κ2) is 15.7. The topological polar surface area (TPSA) is 13.1 Å². The molecule has 1 aliphatic carbocycles. The van der Waals surface area contributed by atoms with E-state index in [9.17, 15) is 0 Å². The van der Waals surface area contributed by atoms with Gasteiger partial charge in [0.05, 0.1) is 0 Å². The summed E-state index contributed by atoms with van der Waals surface area (Å²) in [6.45, 7) is 2.19. The monoisotopic (exact) mass is 816 g/mol. The molecular formula is C63H44O. The zero-order chi connectivity index (χ0) is 42.6. The standard InChI is InChI=1S/C63H44O/c1-41(15-13-18-42-16-3-2-4-17-42)43-29-33-46(34-30-43)60-54-25-9-10-26-55(54)61(47-35-31-45(32-36-47)51-27-14-21-44-19-5-7-22-50(44)51)57-40-49(37-38-56(57)60)62-52-23-8-6-20-48(52)39-58-53-24-11-12-28-59(53)64-63(58)62/h2-4,6-18,20-40H,5,19H2,1H3/b18-13-,41-15+. The van der Waals surface area contributed by atoms with Crippen molar-refractivity contribution in [1.29, 1.82) is 0 Å². The minimum atomic E-state index is 0.903. The highest BCUT2D eigenvalue weighted by atomic mass is 16.3. The Morgan fingerprint density at radius 1 is 0.484 bits per heavy atom. The highest BCUT2D eigenvalue weighted by molar-refractivity contribution is 6.24. The van der Waals surface area contributed by atoms with Crippen LogP contribution >= 0.6 is 0 Å². The van der Waals surface area contributed by atoms with Gasteiger partial charge in [-0.15, -0.1) is 0 Å². The molecule has 1 heterocycles. The van der Waals surface area contributed by atoms with E-state index >= 15 is 0 Å². The van der Waals surface area contributed by atoms with Gasteiger partial charge in [0.2, 0.25) is 0 Å². The van der Waals surface area contributed by atoms with Crippen molar-refractivity contribution in [2.75, 3.05) is 0 Å². The first-order chi connectivity index (χ1) is 31.7. The van der Waals surface area contributed by atoms with E-state index in [1.54, 1.807) is 0 Å². The fraction of sp³-hybridized carbons (Fsp3) is 0.0476. The minimum Gasteiger partial charge on any atom is -0.455 e. The van der Waals surface area contributed by atoms with E-state index < -0.39 is 0 Å². The number of furan rings is 1. The summed E-state index contributed by atoms with van der Waals surface area (Å²) in [5.41, 5.74) is 17.9. The van der Waals surface area contributed by atoms with Gasteiger partial charge in [0, 0.05) is 16.3 Å². The second-order valence-electron chi connectivity index (χ2n) is 17.1. The van der Waals surface area contributed by atoms with Crippen molar-refractivity contribution in [1.82, 2.24) is 0 Å². The Bertz CT molecular complexity index is 3690. The molecule has 0 radical (unpaired) electrons. The fourth-order valence-electron chi connectivity index (χ4n) is 10.2. The van der Waals surface area contributed by atoms with Crippen LogP contribution in [-0.2, 0) is 6.42 Å². The summed E-state index contributed by atoms with van der Waals surface area (Å²) in [4.78, 5) is 0. The summed E-state index contributed by atoms with van der Waals surface area (Å²) >= 11 is 0. The summed E-state index contributed by atoms with van der Waals surface area (Å²) in [6.07, 6.45) is 13.3. The second-order valence-corrected chi connectivity index (χ2v) is 17.1. The maximum atomic E-state index is 6.79. The number of para-hydroxylation sites is 1. The Balaban J connectivity index is 1.07. The van der Waals surface area contributed by atoms with Crippen molar-refractivity contribution >= 4 is 72.0 Å². The van der Waals surface area contributed by atoms with Crippen molar-refractivity contribution in [3.63, 3.8) is 0 Å². The zero-order valence-corrected chi connectivity index (χ0v) is 35.7. The molecule has 0 bridgehead atoms. The van der Waals surface area contributed by atoms with Gasteiger partial charge in [0.1, 0.15) is 11.2 Å². The van der Waals surface area contributed by atoms with Crippen molar-refractivity contribution in [2.24, 2.45) is 0 Å². The van der Waals surface area contributed by atoms with E-state index in [0.717, 1.165) is 45.9 Å². The fourth-order valence-corrected chi connectivity index (χ4v) is 10.2. The van der Waals surface area contributed by atoms with E-state index in [4.69, 9.17) is 4.42 Å². The molecule has 0 saturated carbocycles. The predicted octanol–water partition coefficient (Wildman–Crippen LogP) is 17.8. The van der Waals surface area contributed by atoms with Crippen molar-refractivity contribution in [3.8, 4) is 44.5 Å². The van der Waals surface area contributed by atoms with Crippen molar-refractivity contribution in [2.45, 2.75) is 19.8 Å². The maximum Gasteiger partial charge on any atom is 0.143 e. The third-order valence-corrected chi connectivity index (χ3v) is 13.3. The van der Waals surface area contributed by atoms with Crippen LogP contribution in [0.2, 0.25) is 0 Å². The summed E-state index contributed by atoms with van der Waals surface area (Å²) in [7, 11) is 0. The zero-order valence-electron chi connectivity index (χ0n) is 35.7. The van der Waals surface area contributed by atoms with Gasteiger partial charge in [-0.2, -0.15) is 0 Å². The van der Waals surface area contributed by atoms with Crippen LogP contribution in [-0.4, -0.2) is 0 Å². The first kappa shape index (κ1) is 37.7. The molecule has 11 aromatic rings. The number of hydrogen-bond donors (Lipinski definition) is 0. The predicted molar refractivity (Wildman–Crippen MR) is 274 cm³/mol. The molecule has 0 amide bonds. The molecule has 0 spiro atoms. The molecule has 302 valence electrons. The molecule has 0 atom stereocenters. The van der Waals surface area contributed by atoms with Crippen LogP contribution in [0.3, 0.4) is 0 Å². The molecule has 64 heavy (non-hydrogen) atoms. The molecule has 1 heteroatoms. The lowest BCUT2D eigenvalue weighted by Crippen LogP contribution is -1.96. The summed E-state index contributed by atoms with van der Waals surface area (Å²) in [5.74, 6) is 0. The lowest BCUT2D eigenvalue weighted by atomic mass is 9.83. The van der Waals surface area contributed by atoms with Gasteiger partial charge in [-0.1, -0.05) is 206 Å². The summed E-state index contributed by atoms with van der Waals surface area (Å²) < 4.78 is 6.79. The highest BCUT2D eigenvalue weighted by Gasteiger charge is 2.21. The Morgan fingerprint density at radius 2 is 1.12 bits per heavy atom. The SMILES string of the molecule is C/C(=C\C=C/c1ccccc1)c1ccc(-c2c3ccccc3c(-c3ccc(-c4cccc5c4C=CCC5)cc3)c3cc(-c4c5ccccc5cc5c4oc4ccccc45)ccc23)cc1. The Hall–Kier alpha value is -8.00. The molecule has 10 aromatic carbocycles. The molecule has 0 N–H and O–H groups in total. The lowest BCUT2D eigenvalue weighted by Gasteiger charge is -2.20.